The summed E-state index contributed by atoms with van der Waals surface area (Å²) >= 11 is 5.82. The van der Waals surface area contributed by atoms with Crippen molar-refractivity contribution in [3.8, 4) is 0 Å². The number of nitrogens with zero attached hydrogens (tertiary/aromatic N) is 1. The molecule has 0 aromatic heterocycles. The molecule has 1 saturated carbocycles. The predicted octanol–water partition coefficient (Wildman–Crippen LogP) is 2.26. The van der Waals surface area contributed by atoms with E-state index in [1.807, 2.05) is 0 Å². The highest BCUT2D eigenvalue weighted by Crippen LogP contribution is 2.26. The van der Waals surface area contributed by atoms with Gasteiger partial charge in [0.1, 0.15) is 0 Å². The molecule has 1 aliphatic heterocycles. The van der Waals surface area contributed by atoms with Crippen molar-refractivity contribution in [2.24, 2.45) is 0 Å². The Labute approximate surface area is 91.6 Å². The highest BCUT2D eigenvalue weighted by Gasteiger charge is 2.27. The van der Waals surface area contributed by atoms with E-state index in [-0.39, 0.29) is 0 Å². The Hall–Kier alpha value is 0.210. The fourth-order valence-electron chi connectivity index (χ4n) is 2.33. The normalized spacial score (nSPS) is 28.3. The molecule has 2 rings (SSSR count). The van der Waals surface area contributed by atoms with Crippen LogP contribution in [0.3, 0.4) is 0 Å². The molecule has 2 aliphatic rings. The topological polar surface area (TPSA) is 12.5 Å². The molecule has 2 nitrogen and oxygen atoms in total. The van der Waals surface area contributed by atoms with Gasteiger partial charge in [0.25, 0.3) is 0 Å². The molecule has 0 radical (unpaired) electrons. The third kappa shape index (κ3) is 2.62. The maximum Gasteiger partial charge on any atom is 0.0702 e. The molecule has 14 heavy (non-hydrogen) atoms. The second-order valence-corrected chi connectivity index (χ2v) is 4.78. The van der Waals surface area contributed by atoms with Gasteiger partial charge in [-0.25, -0.2) is 0 Å². The third-order valence-corrected chi connectivity index (χ3v) is 3.59. The number of hydrogen-bond donors (Lipinski definition) is 0. The van der Waals surface area contributed by atoms with Crippen LogP contribution in [0.5, 0.6) is 0 Å². The van der Waals surface area contributed by atoms with E-state index in [0.717, 1.165) is 31.6 Å². The minimum absolute atomic E-state index is 0.485. The van der Waals surface area contributed by atoms with Crippen LogP contribution in [0.15, 0.2) is 0 Å². The first-order valence-corrected chi connectivity index (χ1v) is 6.35. The molecule has 1 saturated heterocycles. The molecule has 82 valence electrons. The second-order valence-electron chi connectivity index (χ2n) is 4.40. The molecule has 0 spiro atoms. The number of alkyl halides is 1. The Morgan fingerprint density at radius 1 is 1.21 bits per heavy atom. The zero-order valence-corrected chi connectivity index (χ0v) is 9.51. The minimum atomic E-state index is 0.485. The van der Waals surface area contributed by atoms with Crippen molar-refractivity contribution in [2.45, 2.75) is 44.2 Å². The lowest BCUT2D eigenvalue weighted by Gasteiger charge is -2.38. The summed E-state index contributed by atoms with van der Waals surface area (Å²) in [4.78, 5) is 2.53. The van der Waals surface area contributed by atoms with Gasteiger partial charge in [-0.15, -0.1) is 11.6 Å². The number of rotatable bonds is 5. The first-order valence-electron chi connectivity index (χ1n) is 5.82. The van der Waals surface area contributed by atoms with Crippen LogP contribution in [0, 0.1) is 0 Å². The summed E-state index contributed by atoms with van der Waals surface area (Å²) in [5, 5.41) is 0. The summed E-state index contributed by atoms with van der Waals surface area (Å²) < 4.78 is 5.66. The fraction of sp³-hybridized carbons (Fsp3) is 1.00. The number of ether oxygens (including phenoxy) is 1. The van der Waals surface area contributed by atoms with Gasteiger partial charge in [-0.2, -0.15) is 0 Å². The molecule has 0 N–H and O–H groups in total. The van der Waals surface area contributed by atoms with Crippen molar-refractivity contribution in [3.63, 3.8) is 0 Å². The van der Waals surface area contributed by atoms with E-state index in [9.17, 15) is 0 Å². The van der Waals surface area contributed by atoms with Gasteiger partial charge in [0.15, 0.2) is 0 Å². The second kappa shape index (κ2) is 5.34. The average molecular weight is 218 g/mol. The van der Waals surface area contributed by atoms with E-state index < -0.39 is 0 Å². The van der Waals surface area contributed by atoms with Crippen molar-refractivity contribution in [3.05, 3.63) is 0 Å². The van der Waals surface area contributed by atoms with Gasteiger partial charge >= 0.3 is 0 Å². The fourth-order valence-corrected chi connectivity index (χ4v) is 2.55. The quantitative estimate of drug-likeness (QED) is 0.656. The number of halogens is 1. The van der Waals surface area contributed by atoms with Gasteiger partial charge < -0.3 is 4.74 Å². The van der Waals surface area contributed by atoms with Crippen molar-refractivity contribution in [1.82, 2.24) is 4.90 Å². The summed E-state index contributed by atoms with van der Waals surface area (Å²) in [6.07, 6.45) is 7.09. The molecular weight excluding hydrogens is 198 g/mol. The molecule has 0 aromatic carbocycles. The largest absolute Gasteiger partial charge is 0.377 e. The van der Waals surface area contributed by atoms with E-state index in [4.69, 9.17) is 16.3 Å². The van der Waals surface area contributed by atoms with E-state index >= 15 is 0 Å². The minimum Gasteiger partial charge on any atom is -0.377 e. The van der Waals surface area contributed by atoms with E-state index in [1.54, 1.807) is 0 Å². The monoisotopic (exact) mass is 217 g/mol. The summed E-state index contributed by atoms with van der Waals surface area (Å²) in [5.74, 6) is 0.753. The molecule has 3 heteroatoms. The zero-order chi connectivity index (χ0) is 9.80. The Balaban J connectivity index is 1.76. The Kier molecular flexibility index (Phi) is 4.09. The first-order chi connectivity index (χ1) is 6.90. The summed E-state index contributed by atoms with van der Waals surface area (Å²) in [5.41, 5.74) is 0. The van der Waals surface area contributed by atoms with Gasteiger partial charge in [-0.3, -0.25) is 4.90 Å². The van der Waals surface area contributed by atoms with Gasteiger partial charge in [-0.1, -0.05) is 6.42 Å². The average Bonchev–Trinajstić information content (AvgIpc) is 2.54. The van der Waals surface area contributed by atoms with E-state index in [1.165, 1.54) is 32.1 Å². The Morgan fingerprint density at radius 2 is 2.07 bits per heavy atom. The maximum atomic E-state index is 5.82. The molecule has 0 bridgehead atoms. The van der Waals surface area contributed by atoms with Gasteiger partial charge in [0.05, 0.1) is 6.10 Å². The van der Waals surface area contributed by atoms with Crippen molar-refractivity contribution in [1.29, 1.82) is 0 Å². The maximum absolute atomic E-state index is 5.82. The van der Waals surface area contributed by atoms with Crippen LogP contribution in [-0.2, 0) is 4.74 Å². The third-order valence-electron chi connectivity index (χ3n) is 3.42. The SMILES string of the molecule is ClCCN(CC1CCCO1)C1CCC1. The summed E-state index contributed by atoms with van der Waals surface area (Å²) in [6.45, 7) is 3.10. The van der Waals surface area contributed by atoms with Gasteiger partial charge in [-0.05, 0) is 25.7 Å². The van der Waals surface area contributed by atoms with Crippen molar-refractivity contribution >= 4 is 11.6 Å². The lowest BCUT2D eigenvalue weighted by atomic mass is 9.91. The molecule has 2 fully saturated rings. The number of hydrogen-bond acceptors (Lipinski definition) is 2. The van der Waals surface area contributed by atoms with E-state index in [2.05, 4.69) is 4.90 Å². The van der Waals surface area contributed by atoms with Crippen LogP contribution in [0.4, 0.5) is 0 Å². The molecule has 1 atom stereocenters. The van der Waals surface area contributed by atoms with Crippen LogP contribution in [0.2, 0.25) is 0 Å². The highest BCUT2D eigenvalue weighted by molar-refractivity contribution is 6.18. The van der Waals surface area contributed by atoms with Gasteiger partial charge in [0, 0.05) is 31.6 Å². The Morgan fingerprint density at radius 3 is 2.57 bits per heavy atom. The lowest BCUT2D eigenvalue weighted by molar-refractivity contribution is 0.0417. The van der Waals surface area contributed by atoms with Crippen LogP contribution < -0.4 is 0 Å². The predicted molar refractivity (Wildman–Crippen MR) is 58.9 cm³/mol. The van der Waals surface area contributed by atoms with Gasteiger partial charge in [0.2, 0.25) is 0 Å². The molecule has 1 heterocycles. The molecule has 1 unspecified atom stereocenters. The molecule has 0 aromatic rings. The smallest absolute Gasteiger partial charge is 0.0702 e. The summed E-state index contributed by atoms with van der Waals surface area (Å²) in [7, 11) is 0. The Bertz CT molecular complexity index is 167. The van der Waals surface area contributed by atoms with E-state index in [0.29, 0.717) is 6.10 Å². The highest BCUT2D eigenvalue weighted by atomic mass is 35.5. The van der Waals surface area contributed by atoms with Crippen molar-refractivity contribution < 1.29 is 4.74 Å². The molecule has 0 amide bonds. The molecular formula is C11H20ClNO. The van der Waals surface area contributed by atoms with Crippen LogP contribution in [-0.4, -0.2) is 42.6 Å². The zero-order valence-electron chi connectivity index (χ0n) is 8.75. The summed E-state index contributed by atoms with van der Waals surface area (Å²) in [6, 6.07) is 0.804. The molecule has 1 aliphatic carbocycles. The standard InChI is InChI=1S/C11H20ClNO/c12-6-7-13(10-3-1-4-10)9-11-5-2-8-14-11/h10-11H,1-9H2. The van der Waals surface area contributed by atoms with Crippen LogP contribution in [0.25, 0.3) is 0 Å². The van der Waals surface area contributed by atoms with Crippen molar-refractivity contribution in [2.75, 3.05) is 25.6 Å². The lowest BCUT2D eigenvalue weighted by Crippen LogP contribution is -2.45. The van der Waals surface area contributed by atoms with Crippen LogP contribution in [0.1, 0.15) is 32.1 Å². The van der Waals surface area contributed by atoms with Crippen LogP contribution >= 0.6 is 11.6 Å². The first kappa shape index (κ1) is 10.7.